The van der Waals surface area contributed by atoms with Gasteiger partial charge in [-0.3, -0.25) is 9.89 Å². The van der Waals surface area contributed by atoms with Crippen LogP contribution in [0.25, 0.3) is 0 Å². The molecule has 2 atom stereocenters. The van der Waals surface area contributed by atoms with Crippen molar-refractivity contribution in [2.45, 2.75) is 45.0 Å². The fraction of sp³-hybridized carbons (Fsp3) is 0.733. The molecule has 1 unspecified atom stereocenters. The first-order valence-corrected chi connectivity index (χ1v) is 7.91. The molecule has 1 heterocycles. The number of rotatable bonds is 2. The van der Waals surface area contributed by atoms with Crippen molar-refractivity contribution in [1.82, 2.24) is 10.6 Å². The Morgan fingerprint density at radius 2 is 1.88 bits per heavy atom. The van der Waals surface area contributed by atoms with Crippen LogP contribution in [0.15, 0.2) is 11.9 Å². The maximum Gasteiger partial charge on any atom is 0.408 e. The number of hydrogen-bond donors (Lipinski definition) is 4. The molecule has 0 radical (unpaired) electrons. The van der Waals surface area contributed by atoms with E-state index in [9.17, 15) is 18.0 Å². The number of likely N-dealkylation sites (N-methyl/N-ethyl adjacent to an activating group) is 1. The number of halogens is 3. The predicted molar refractivity (Wildman–Crippen MR) is 87.8 cm³/mol. The van der Waals surface area contributed by atoms with Gasteiger partial charge in [-0.05, 0) is 27.2 Å². The van der Waals surface area contributed by atoms with Crippen molar-refractivity contribution in [3.63, 3.8) is 0 Å². The zero-order valence-corrected chi connectivity index (χ0v) is 14.9. The van der Waals surface area contributed by atoms with Crippen LogP contribution < -0.4 is 22.1 Å². The number of hydrogen-bond acceptors (Lipinski definition) is 4. The molecule has 0 spiro atoms. The van der Waals surface area contributed by atoms with Crippen LogP contribution in [0.5, 0.6) is 0 Å². The Bertz CT molecular complexity index is 552. The van der Waals surface area contributed by atoms with E-state index in [1.165, 1.54) is 4.58 Å². The number of alkyl carbamates (subject to hydrolysis) is 1. The van der Waals surface area contributed by atoms with E-state index in [4.69, 9.17) is 16.2 Å². The van der Waals surface area contributed by atoms with E-state index in [2.05, 4.69) is 10.6 Å². The van der Waals surface area contributed by atoms with Crippen molar-refractivity contribution >= 4 is 11.9 Å². The summed E-state index contributed by atoms with van der Waals surface area (Å²) in [6.45, 7) is 4.91. The molecule has 144 valence electrons. The number of nitrogens with zero attached hydrogens (tertiary/aromatic N) is 1. The van der Waals surface area contributed by atoms with Gasteiger partial charge in [-0.15, -0.1) is 0 Å². The number of nitrogens with one attached hydrogen (secondary N) is 2. The highest BCUT2D eigenvalue weighted by Crippen LogP contribution is 2.32. The molecule has 25 heavy (non-hydrogen) atoms. The van der Waals surface area contributed by atoms with Crippen LogP contribution >= 0.6 is 0 Å². The second-order valence-corrected chi connectivity index (χ2v) is 6.94. The van der Waals surface area contributed by atoms with Crippen molar-refractivity contribution < 1.29 is 27.3 Å². The summed E-state index contributed by atoms with van der Waals surface area (Å²) >= 11 is 0. The predicted octanol–water partition coefficient (Wildman–Crippen LogP) is 0.851. The fourth-order valence-electron chi connectivity index (χ4n) is 2.66. The lowest BCUT2D eigenvalue weighted by atomic mass is 9.94. The van der Waals surface area contributed by atoms with E-state index in [-0.39, 0.29) is 31.0 Å². The maximum atomic E-state index is 13.3. The topological polar surface area (TPSA) is 105 Å². The first-order valence-electron chi connectivity index (χ1n) is 7.91. The Kier molecular flexibility index (Phi) is 6.55. The Morgan fingerprint density at radius 1 is 1.28 bits per heavy atom. The first-order chi connectivity index (χ1) is 11.4. The van der Waals surface area contributed by atoms with Gasteiger partial charge in [0, 0.05) is 6.20 Å². The summed E-state index contributed by atoms with van der Waals surface area (Å²) in [6.07, 6.45) is -4.28. The van der Waals surface area contributed by atoms with Crippen molar-refractivity contribution in [3.8, 4) is 0 Å². The van der Waals surface area contributed by atoms with E-state index >= 15 is 0 Å². The molecule has 10 heteroatoms. The van der Waals surface area contributed by atoms with Gasteiger partial charge >= 0.3 is 12.3 Å². The summed E-state index contributed by atoms with van der Waals surface area (Å²) < 4.78 is 46.4. The zero-order valence-electron chi connectivity index (χ0n) is 14.9. The Hall–Kier alpha value is -2.13. The van der Waals surface area contributed by atoms with Crippen molar-refractivity contribution in [2.24, 2.45) is 17.4 Å². The quantitative estimate of drug-likeness (QED) is 0.428. The van der Waals surface area contributed by atoms with E-state index in [0.717, 1.165) is 6.20 Å². The lowest BCUT2D eigenvalue weighted by molar-refractivity contribution is -0.558. The Morgan fingerprint density at radius 3 is 2.32 bits per heavy atom. The first kappa shape index (κ1) is 20.9. The third-order valence-electron chi connectivity index (χ3n) is 3.64. The minimum absolute atomic E-state index is 0.126. The highest BCUT2D eigenvalue weighted by atomic mass is 19.4. The molecule has 0 aromatic rings. The minimum Gasteiger partial charge on any atom is -0.444 e. The summed E-state index contributed by atoms with van der Waals surface area (Å²) in [4.78, 5) is 11.9. The summed E-state index contributed by atoms with van der Waals surface area (Å²) in [5, 5.41) is 5.27. The molecule has 0 aromatic carbocycles. The highest BCUT2D eigenvalue weighted by molar-refractivity contribution is 5.93. The lowest BCUT2D eigenvalue weighted by Crippen LogP contribution is -2.54. The standard InChI is InChI=1S/C15H26F3N5O2/c1-14(2,3)25-13(24)22-10-5-9(15(16,17)18)7-23(8-10)12(21-4)11(20)6-19/h6,9-10H,5,7-8,20H2,1-4H3,(H3,19,21,22,24)/p+1/t9-,10?/m1/s1. The van der Waals surface area contributed by atoms with E-state index < -0.39 is 29.8 Å². The van der Waals surface area contributed by atoms with Crippen LogP contribution in [0, 0.1) is 5.92 Å². The van der Waals surface area contributed by atoms with Crippen LogP contribution in [0.2, 0.25) is 0 Å². The van der Waals surface area contributed by atoms with Crippen molar-refractivity contribution in [3.05, 3.63) is 11.9 Å². The molecule has 0 aromatic heterocycles. The molecule has 7 nitrogen and oxygen atoms in total. The molecule has 6 N–H and O–H groups in total. The number of alkyl halides is 3. The number of nitrogens with two attached hydrogens (primary N) is 2. The molecular formula is C15H27F3N5O2+. The molecule has 0 aliphatic carbocycles. The van der Waals surface area contributed by atoms with Gasteiger partial charge < -0.3 is 21.5 Å². The second-order valence-electron chi connectivity index (χ2n) is 6.94. The number of carbonyl (C=O) groups excluding carboxylic acids is 1. The molecule has 1 amide bonds. The van der Waals surface area contributed by atoms with Gasteiger partial charge in [0.2, 0.25) is 0 Å². The van der Waals surface area contributed by atoms with E-state index in [1.807, 2.05) is 0 Å². The third-order valence-corrected chi connectivity index (χ3v) is 3.64. The lowest BCUT2D eigenvalue weighted by Gasteiger charge is -2.32. The molecule has 1 aliphatic rings. The van der Waals surface area contributed by atoms with Gasteiger partial charge in [-0.25, -0.2) is 4.79 Å². The fourth-order valence-corrected chi connectivity index (χ4v) is 2.66. The maximum absolute atomic E-state index is 13.3. The number of piperidine rings is 1. The van der Waals surface area contributed by atoms with Gasteiger partial charge in [0.1, 0.15) is 17.8 Å². The van der Waals surface area contributed by atoms with Crippen LogP contribution in [-0.4, -0.2) is 54.5 Å². The third kappa shape index (κ3) is 6.35. The Labute approximate surface area is 145 Å². The minimum atomic E-state index is -4.40. The SMILES string of the molecule is CNC(C(N)=CN)=[N+]1CC(NC(=O)OC(C)(C)C)C[C@@H](C(F)(F)F)C1. The monoisotopic (exact) mass is 366 g/mol. The second kappa shape index (κ2) is 7.83. The molecular weight excluding hydrogens is 339 g/mol. The van der Waals surface area contributed by atoms with Gasteiger partial charge in [0.25, 0.3) is 5.84 Å². The van der Waals surface area contributed by atoms with Crippen LogP contribution in [-0.2, 0) is 4.74 Å². The van der Waals surface area contributed by atoms with Gasteiger partial charge in [0.05, 0.1) is 25.6 Å². The normalized spacial score (nSPS) is 24.5. The van der Waals surface area contributed by atoms with Crippen molar-refractivity contribution in [1.29, 1.82) is 0 Å². The number of amidine groups is 1. The summed E-state index contributed by atoms with van der Waals surface area (Å²) in [7, 11) is 1.54. The summed E-state index contributed by atoms with van der Waals surface area (Å²) in [5.41, 5.74) is 10.5. The zero-order chi connectivity index (χ0) is 19.4. The largest absolute Gasteiger partial charge is 0.444 e. The van der Waals surface area contributed by atoms with E-state index in [0.29, 0.717) is 0 Å². The summed E-state index contributed by atoms with van der Waals surface area (Å²) in [6, 6.07) is -0.746. The van der Waals surface area contributed by atoms with Crippen LogP contribution in [0.1, 0.15) is 27.2 Å². The average Bonchev–Trinajstić information content (AvgIpc) is 2.44. The highest BCUT2D eigenvalue weighted by Gasteiger charge is 2.46. The smallest absolute Gasteiger partial charge is 0.408 e. The molecule has 0 bridgehead atoms. The van der Waals surface area contributed by atoms with Crippen LogP contribution in [0.3, 0.4) is 0 Å². The molecule has 1 rings (SSSR count). The van der Waals surface area contributed by atoms with Crippen LogP contribution in [0.4, 0.5) is 18.0 Å². The molecule has 1 aliphatic heterocycles. The van der Waals surface area contributed by atoms with Crippen molar-refractivity contribution in [2.75, 3.05) is 20.1 Å². The van der Waals surface area contributed by atoms with E-state index in [1.54, 1.807) is 27.8 Å². The molecule has 0 saturated carbocycles. The van der Waals surface area contributed by atoms with Gasteiger partial charge in [-0.1, -0.05) is 0 Å². The number of amides is 1. The molecule has 1 fully saturated rings. The number of ether oxygens (including phenoxy) is 1. The molecule has 1 saturated heterocycles. The Balaban J connectivity index is 3.06. The summed E-state index contributed by atoms with van der Waals surface area (Å²) in [5.74, 6) is -1.33. The van der Waals surface area contributed by atoms with Gasteiger partial charge in [-0.2, -0.15) is 13.2 Å². The van der Waals surface area contributed by atoms with Gasteiger partial charge in [0.15, 0.2) is 0 Å². The average molecular weight is 366 g/mol. The number of carbonyl (C=O) groups is 1.